The summed E-state index contributed by atoms with van der Waals surface area (Å²) < 4.78 is 17.5. The van der Waals surface area contributed by atoms with Gasteiger partial charge in [0.1, 0.15) is 5.82 Å². The van der Waals surface area contributed by atoms with Crippen molar-refractivity contribution < 1.29 is 13.9 Å². The third-order valence-electron chi connectivity index (χ3n) is 1.72. The standard InChI is InChI=1S/C10H8FNO2/c1-14-10(13)8-6-7(4-5-12)2-3-9(8)11/h2-3,6H,4H2,1H3. The van der Waals surface area contributed by atoms with Crippen molar-refractivity contribution in [1.29, 1.82) is 5.26 Å². The molecule has 4 heteroatoms. The lowest BCUT2D eigenvalue weighted by molar-refractivity contribution is 0.0595. The largest absolute Gasteiger partial charge is 0.465 e. The second-order valence-corrected chi connectivity index (χ2v) is 2.64. The Balaban J connectivity index is 3.09. The van der Waals surface area contributed by atoms with Gasteiger partial charge in [0.2, 0.25) is 0 Å². The van der Waals surface area contributed by atoms with Crippen LogP contribution in [0.1, 0.15) is 15.9 Å². The predicted octanol–water partition coefficient (Wildman–Crippen LogP) is 1.68. The molecule has 0 heterocycles. The van der Waals surface area contributed by atoms with E-state index in [-0.39, 0.29) is 12.0 Å². The zero-order valence-electron chi connectivity index (χ0n) is 7.58. The Morgan fingerprint density at radius 1 is 1.64 bits per heavy atom. The molecule has 0 amide bonds. The van der Waals surface area contributed by atoms with Crippen molar-refractivity contribution in [3.05, 3.63) is 35.1 Å². The molecule has 14 heavy (non-hydrogen) atoms. The third kappa shape index (κ3) is 2.07. The van der Waals surface area contributed by atoms with Crippen LogP contribution < -0.4 is 0 Å². The third-order valence-corrected chi connectivity index (χ3v) is 1.72. The van der Waals surface area contributed by atoms with E-state index >= 15 is 0 Å². The number of hydrogen-bond donors (Lipinski definition) is 0. The molecule has 1 aromatic rings. The normalized spacial score (nSPS) is 9.21. The quantitative estimate of drug-likeness (QED) is 0.671. The zero-order chi connectivity index (χ0) is 10.6. The summed E-state index contributed by atoms with van der Waals surface area (Å²) in [6, 6.07) is 5.85. The Kier molecular flexibility index (Phi) is 3.19. The van der Waals surface area contributed by atoms with Crippen molar-refractivity contribution in [3.63, 3.8) is 0 Å². The molecular formula is C10H8FNO2. The first kappa shape index (κ1) is 10.2. The number of carbonyl (C=O) groups excluding carboxylic acids is 1. The van der Waals surface area contributed by atoms with Crippen molar-refractivity contribution in [2.75, 3.05) is 7.11 Å². The Hall–Kier alpha value is -1.89. The van der Waals surface area contributed by atoms with E-state index in [0.717, 1.165) is 6.07 Å². The molecule has 0 radical (unpaired) electrons. The molecule has 0 bridgehead atoms. The lowest BCUT2D eigenvalue weighted by Crippen LogP contribution is -2.05. The molecule has 0 saturated carbocycles. The Morgan fingerprint density at radius 2 is 2.36 bits per heavy atom. The van der Waals surface area contributed by atoms with Crippen LogP contribution in [0.2, 0.25) is 0 Å². The highest BCUT2D eigenvalue weighted by Gasteiger charge is 2.12. The fourth-order valence-corrected chi connectivity index (χ4v) is 1.04. The number of benzene rings is 1. The number of halogens is 1. The predicted molar refractivity (Wildman–Crippen MR) is 47.1 cm³/mol. The Labute approximate surface area is 80.7 Å². The van der Waals surface area contributed by atoms with E-state index in [1.807, 2.05) is 6.07 Å². The van der Waals surface area contributed by atoms with Crippen molar-refractivity contribution >= 4 is 5.97 Å². The molecule has 0 fully saturated rings. The molecule has 72 valence electrons. The molecule has 0 saturated heterocycles. The summed E-state index contributed by atoms with van der Waals surface area (Å²) in [4.78, 5) is 11.0. The maximum Gasteiger partial charge on any atom is 0.340 e. The maximum atomic E-state index is 13.1. The zero-order valence-corrected chi connectivity index (χ0v) is 7.58. The molecule has 3 nitrogen and oxygen atoms in total. The van der Waals surface area contributed by atoms with Crippen molar-refractivity contribution in [1.82, 2.24) is 0 Å². The van der Waals surface area contributed by atoms with Gasteiger partial charge in [-0.3, -0.25) is 0 Å². The molecule has 0 unspecified atom stereocenters. The van der Waals surface area contributed by atoms with Gasteiger partial charge in [0, 0.05) is 0 Å². The van der Waals surface area contributed by atoms with Gasteiger partial charge >= 0.3 is 5.97 Å². The Bertz CT molecular complexity index is 396. The number of esters is 1. The van der Waals surface area contributed by atoms with Crippen LogP contribution in [-0.2, 0) is 11.2 Å². The molecule has 0 atom stereocenters. The van der Waals surface area contributed by atoms with Crippen LogP contribution >= 0.6 is 0 Å². The molecule has 0 N–H and O–H groups in total. The molecule has 1 aromatic carbocycles. The molecule has 0 aliphatic carbocycles. The highest BCUT2D eigenvalue weighted by atomic mass is 19.1. The summed E-state index contributed by atoms with van der Waals surface area (Å²) in [5, 5.41) is 8.42. The van der Waals surface area contributed by atoms with Crippen molar-refractivity contribution in [3.8, 4) is 6.07 Å². The van der Waals surface area contributed by atoms with Crippen LogP contribution in [0.5, 0.6) is 0 Å². The highest BCUT2D eigenvalue weighted by molar-refractivity contribution is 5.89. The van der Waals surface area contributed by atoms with Gasteiger partial charge in [0.15, 0.2) is 0 Å². The minimum atomic E-state index is -0.734. The average molecular weight is 193 g/mol. The lowest BCUT2D eigenvalue weighted by atomic mass is 10.1. The van der Waals surface area contributed by atoms with Gasteiger partial charge in [-0.2, -0.15) is 5.26 Å². The van der Waals surface area contributed by atoms with E-state index in [1.54, 1.807) is 0 Å². The monoisotopic (exact) mass is 193 g/mol. The number of nitriles is 1. The maximum absolute atomic E-state index is 13.1. The van der Waals surface area contributed by atoms with Gasteiger partial charge in [-0.15, -0.1) is 0 Å². The summed E-state index contributed by atoms with van der Waals surface area (Å²) in [6.07, 6.45) is 0.143. The first-order chi connectivity index (χ1) is 6.69. The highest BCUT2D eigenvalue weighted by Crippen LogP contribution is 2.12. The summed E-state index contributed by atoms with van der Waals surface area (Å²) in [5.74, 6) is -1.37. The number of ether oxygens (including phenoxy) is 1. The van der Waals surface area contributed by atoms with Crippen LogP contribution in [-0.4, -0.2) is 13.1 Å². The van der Waals surface area contributed by atoms with E-state index in [4.69, 9.17) is 5.26 Å². The van der Waals surface area contributed by atoms with Crippen LogP contribution in [0.4, 0.5) is 4.39 Å². The minimum Gasteiger partial charge on any atom is -0.465 e. The smallest absolute Gasteiger partial charge is 0.340 e. The molecule has 0 spiro atoms. The second kappa shape index (κ2) is 4.38. The van der Waals surface area contributed by atoms with Crippen LogP contribution in [0, 0.1) is 17.1 Å². The second-order valence-electron chi connectivity index (χ2n) is 2.64. The van der Waals surface area contributed by atoms with Gasteiger partial charge in [0.25, 0.3) is 0 Å². The summed E-state index contributed by atoms with van der Waals surface area (Å²) in [7, 11) is 1.18. The number of rotatable bonds is 2. The SMILES string of the molecule is COC(=O)c1cc(CC#N)ccc1F. The number of nitrogens with zero attached hydrogens (tertiary/aromatic N) is 1. The fraction of sp³-hybridized carbons (Fsp3) is 0.200. The summed E-state index contributed by atoms with van der Waals surface area (Å²) in [5.41, 5.74) is 0.453. The molecule has 0 aromatic heterocycles. The first-order valence-electron chi connectivity index (χ1n) is 3.92. The van der Waals surface area contributed by atoms with E-state index in [2.05, 4.69) is 4.74 Å². The lowest BCUT2D eigenvalue weighted by Gasteiger charge is -2.02. The van der Waals surface area contributed by atoms with E-state index in [9.17, 15) is 9.18 Å². The number of methoxy groups -OCH3 is 1. The molecule has 1 rings (SSSR count). The molecule has 0 aliphatic heterocycles. The molecular weight excluding hydrogens is 185 g/mol. The minimum absolute atomic E-state index is 0.139. The van der Waals surface area contributed by atoms with Gasteiger partial charge < -0.3 is 4.74 Å². The van der Waals surface area contributed by atoms with Gasteiger partial charge in [-0.25, -0.2) is 9.18 Å². The number of hydrogen-bond acceptors (Lipinski definition) is 3. The van der Waals surface area contributed by atoms with Crippen LogP contribution in [0.3, 0.4) is 0 Å². The van der Waals surface area contributed by atoms with Gasteiger partial charge in [0.05, 0.1) is 25.2 Å². The van der Waals surface area contributed by atoms with Gasteiger partial charge in [-0.1, -0.05) is 6.07 Å². The topological polar surface area (TPSA) is 50.1 Å². The van der Waals surface area contributed by atoms with Crippen LogP contribution in [0.25, 0.3) is 0 Å². The van der Waals surface area contributed by atoms with Crippen molar-refractivity contribution in [2.24, 2.45) is 0 Å². The number of carbonyl (C=O) groups is 1. The van der Waals surface area contributed by atoms with Gasteiger partial charge in [-0.05, 0) is 17.7 Å². The van der Waals surface area contributed by atoms with Crippen LogP contribution in [0.15, 0.2) is 18.2 Å². The van der Waals surface area contributed by atoms with E-state index < -0.39 is 11.8 Å². The fourth-order valence-electron chi connectivity index (χ4n) is 1.04. The van der Waals surface area contributed by atoms with Crippen molar-refractivity contribution in [2.45, 2.75) is 6.42 Å². The Morgan fingerprint density at radius 3 is 2.93 bits per heavy atom. The molecule has 0 aliphatic rings. The summed E-state index contributed by atoms with van der Waals surface area (Å²) >= 11 is 0. The summed E-state index contributed by atoms with van der Waals surface area (Å²) in [6.45, 7) is 0. The first-order valence-corrected chi connectivity index (χ1v) is 3.92. The van der Waals surface area contributed by atoms with E-state index in [1.165, 1.54) is 19.2 Å². The average Bonchev–Trinajstić information content (AvgIpc) is 2.20. The van der Waals surface area contributed by atoms with E-state index in [0.29, 0.717) is 5.56 Å².